The highest BCUT2D eigenvalue weighted by molar-refractivity contribution is 9.10. The van der Waals surface area contributed by atoms with E-state index >= 15 is 0 Å². The number of nitrogens with one attached hydrogen (secondary N) is 1. The minimum Gasteiger partial charge on any atom is -0.493 e. The molecule has 0 saturated carbocycles. The Kier molecular flexibility index (Phi) is 5.84. The van der Waals surface area contributed by atoms with Gasteiger partial charge in [-0.1, -0.05) is 12.1 Å². The molecule has 27 heavy (non-hydrogen) atoms. The fourth-order valence-electron chi connectivity index (χ4n) is 2.37. The van der Waals surface area contributed by atoms with Crippen molar-refractivity contribution in [2.24, 2.45) is 0 Å². The second-order valence-electron chi connectivity index (χ2n) is 5.48. The third kappa shape index (κ3) is 4.51. The molecule has 2 aromatic carbocycles. The van der Waals surface area contributed by atoms with Crippen LogP contribution in [-0.4, -0.2) is 18.3 Å². The van der Waals surface area contributed by atoms with Crippen molar-refractivity contribution in [1.82, 2.24) is 5.32 Å². The van der Waals surface area contributed by atoms with Crippen LogP contribution in [0.25, 0.3) is 6.08 Å². The molecular formula is C19H13BrN2O4S. The zero-order valence-electron chi connectivity index (χ0n) is 14.1. The minimum atomic E-state index is -0.416. The number of thioether (sulfide) groups is 1. The molecule has 0 unspecified atom stereocenters. The van der Waals surface area contributed by atoms with E-state index in [4.69, 9.17) is 14.7 Å². The third-order valence-corrected chi connectivity index (χ3v) is 5.06. The van der Waals surface area contributed by atoms with E-state index in [1.54, 1.807) is 30.3 Å². The fourth-order valence-corrected chi connectivity index (χ4v) is 3.62. The van der Waals surface area contributed by atoms with Crippen LogP contribution in [0.4, 0.5) is 4.79 Å². The summed E-state index contributed by atoms with van der Waals surface area (Å²) in [5.74, 6) is 0.587. The molecule has 2 amide bonds. The predicted molar refractivity (Wildman–Crippen MR) is 105 cm³/mol. The largest absolute Gasteiger partial charge is 0.493 e. The summed E-state index contributed by atoms with van der Waals surface area (Å²) in [4.78, 5) is 23.3. The van der Waals surface area contributed by atoms with Crippen LogP contribution in [-0.2, 0) is 11.4 Å². The molecule has 1 N–H and O–H groups in total. The number of nitriles is 1. The highest BCUT2D eigenvalue weighted by atomic mass is 79.9. The van der Waals surface area contributed by atoms with E-state index in [-0.39, 0.29) is 5.24 Å². The number of nitrogens with zero attached hydrogens (tertiary/aromatic N) is 1. The van der Waals surface area contributed by atoms with Crippen molar-refractivity contribution in [2.75, 3.05) is 7.11 Å². The summed E-state index contributed by atoms with van der Waals surface area (Å²) in [7, 11) is 1.52. The van der Waals surface area contributed by atoms with Gasteiger partial charge in [-0.15, -0.1) is 0 Å². The van der Waals surface area contributed by atoms with Crippen molar-refractivity contribution < 1.29 is 19.1 Å². The molecule has 0 aromatic heterocycles. The van der Waals surface area contributed by atoms with Gasteiger partial charge in [-0.25, -0.2) is 0 Å². The lowest BCUT2D eigenvalue weighted by atomic mass is 10.1. The van der Waals surface area contributed by atoms with Crippen LogP contribution in [0.2, 0.25) is 0 Å². The van der Waals surface area contributed by atoms with Gasteiger partial charge in [0, 0.05) is 0 Å². The Balaban J connectivity index is 1.81. The molecular weight excluding hydrogens is 432 g/mol. The van der Waals surface area contributed by atoms with Gasteiger partial charge in [0.15, 0.2) is 11.5 Å². The van der Waals surface area contributed by atoms with Gasteiger partial charge in [0.05, 0.1) is 28.1 Å². The molecule has 2 aromatic rings. The van der Waals surface area contributed by atoms with Gasteiger partial charge in [0.25, 0.3) is 11.1 Å². The molecule has 1 heterocycles. The molecule has 0 aliphatic carbocycles. The zero-order valence-corrected chi connectivity index (χ0v) is 16.5. The van der Waals surface area contributed by atoms with Crippen LogP contribution in [0.15, 0.2) is 45.8 Å². The topological polar surface area (TPSA) is 88.4 Å². The molecule has 0 spiro atoms. The first-order valence-corrected chi connectivity index (χ1v) is 9.35. The molecule has 136 valence electrons. The van der Waals surface area contributed by atoms with Crippen LogP contribution in [0.5, 0.6) is 11.5 Å². The normalized spacial score (nSPS) is 14.8. The van der Waals surface area contributed by atoms with Crippen LogP contribution >= 0.6 is 27.7 Å². The highest BCUT2D eigenvalue weighted by Gasteiger charge is 2.25. The average Bonchev–Trinajstić information content (AvgIpc) is 2.97. The SMILES string of the molecule is COc1cc(/C=C2\SC(=O)NC2=O)cc(Br)c1OCc1ccc(C#N)cc1. The lowest BCUT2D eigenvalue weighted by Crippen LogP contribution is -2.17. The summed E-state index contributed by atoms with van der Waals surface area (Å²) in [6.45, 7) is 0.299. The zero-order chi connectivity index (χ0) is 19.4. The first-order chi connectivity index (χ1) is 13.0. The van der Waals surface area contributed by atoms with Crippen molar-refractivity contribution in [3.05, 3.63) is 62.5 Å². The van der Waals surface area contributed by atoms with Crippen molar-refractivity contribution in [1.29, 1.82) is 5.26 Å². The van der Waals surface area contributed by atoms with Gasteiger partial charge >= 0.3 is 0 Å². The Morgan fingerprint density at radius 1 is 1.26 bits per heavy atom. The minimum absolute atomic E-state index is 0.299. The summed E-state index contributed by atoms with van der Waals surface area (Å²) in [6.07, 6.45) is 1.61. The predicted octanol–water partition coefficient (Wildman–Crippen LogP) is 4.23. The number of carbonyl (C=O) groups excluding carboxylic acids is 2. The van der Waals surface area contributed by atoms with E-state index in [2.05, 4.69) is 27.3 Å². The summed E-state index contributed by atoms with van der Waals surface area (Å²) >= 11 is 4.31. The number of imide groups is 1. The van der Waals surface area contributed by atoms with E-state index in [0.717, 1.165) is 17.3 Å². The number of benzene rings is 2. The standard InChI is InChI=1S/C19H13BrN2O4S/c1-25-15-7-13(8-16-18(23)22-19(24)27-16)6-14(20)17(15)26-10-12-4-2-11(9-21)3-5-12/h2-8H,10H2,1H3,(H,22,23,24)/b16-8-. The number of rotatable bonds is 5. The van der Waals surface area contributed by atoms with E-state index in [0.29, 0.717) is 38.6 Å². The second kappa shape index (κ2) is 8.29. The first kappa shape index (κ1) is 19.0. The molecule has 1 saturated heterocycles. The number of methoxy groups -OCH3 is 1. The van der Waals surface area contributed by atoms with Gasteiger partial charge in [0.1, 0.15) is 6.61 Å². The number of ether oxygens (including phenoxy) is 2. The molecule has 1 aliphatic rings. The molecule has 1 aliphatic heterocycles. The molecule has 1 fully saturated rings. The summed E-state index contributed by atoms with van der Waals surface area (Å²) in [5, 5.41) is 10.7. The summed E-state index contributed by atoms with van der Waals surface area (Å²) in [5.41, 5.74) is 2.19. The maximum Gasteiger partial charge on any atom is 0.290 e. The fraction of sp³-hybridized carbons (Fsp3) is 0.105. The van der Waals surface area contributed by atoms with Crippen molar-refractivity contribution >= 4 is 44.9 Å². The molecule has 3 rings (SSSR count). The lowest BCUT2D eigenvalue weighted by Gasteiger charge is -2.14. The highest BCUT2D eigenvalue weighted by Crippen LogP contribution is 2.38. The van der Waals surface area contributed by atoms with E-state index < -0.39 is 5.91 Å². The monoisotopic (exact) mass is 444 g/mol. The number of hydrogen-bond acceptors (Lipinski definition) is 6. The maximum atomic E-state index is 11.7. The number of hydrogen-bond donors (Lipinski definition) is 1. The van der Waals surface area contributed by atoms with Crippen molar-refractivity contribution in [3.8, 4) is 17.6 Å². The van der Waals surface area contributed by atoms with Crippen LogP contribution in [0.1, 0.15) is 16.7 Å². The summed E-state index contributed by atoms with van der Waals surface area (Å²) in [6, 6.07) is 12.7. The number of carbonyl (C=O) groups is 2. The van der Waals surface area contributed by atoms with E-state index in [1.165, 1.54) is 7.11 Å². The van der Waals surface area contributed by atoms with Crippen LogP contribution < -0.4 is 14.8 Å². The Morgan fingerprint density at radius 2 is 2.00 bits per heavy atom. The van der Waals surface area contributed by atoms with Crippen LogP contribution in [0.3, 0.4) is 0 Å². The van der Waals surface area contributed by atoms with Gasteiger partial charge in [-0.05, 0) is 69.2 Å². The van der Waals surface area contributed by atoms with E-state index in [1.807, 2.05) is 12.1 Å². The van der Waals surface area contributed by atoms with Crippen molar-refractivity contribution in [3.63, 3.8) is 0 Å². The Labute approximate surface area is 168 Å². The Bertz CT molecular complexity index is 980. The van der Waals surface area contributed by atoms with Gasteiger partial charge < -0.3 is 9.47 Å². The molecule has 8 heteroatoms. The smallest absolute Gasteiger partial charge is 0.290 e. The quantitative estimate of drug-likeness (QED) is 0.693. The molecule has 0 radical (unpaired) electrons. The van der Waals surface area contributed by atoms with Gasteiger partial charge in [-0.3, -0.25) is 14.9 Å². The molecule has 6 nitrogen and oxygen atoms in total. The second-order valence-corrected chi connectivity index (χ2v) is 7.35. The van der Waals surface area contributed by atoms with Crippen LogP contribution in [0, 0.1) is 11.3 Å². The first-order valence-electron chi connectivity index (χ1n) is 7.74. The third-order valence-electron chi connectivity index (χ3n) is 3.66. The maximum absolute atomic E-state index is 11.7. The average molecular weight is 445 g/mol. The van der Waals surface area contributed by atoms with Crippen molar-refractivity contribution in [2.45, 2.75) is 6.61 Å². The van der Waals surface area contributed by atoms with Gasteiger partial charge in [-0.2, -0.15) is 5.26 Å². The molecule has 0 atom stereocenters. The number of amides is 2. The summed E-state index contributed by atoms with van der Waals surface area (Å²) < 4.78 is 11.9. The lowest BCUT2D eigenvalue weighted by molar-refractivity contribution is -0.115. The van der Waals surface area contributed by atoms with E-state index in [9.17, 15) is 9.59 Å². The molecule has 0 bridgehead atoms. The van der Waals surface area contributed by atoms with Gasteiger partial charge in [0.2, 0.25) is 0 Å². The number of halogens is 1. The Hall–Kier alpha value is -2.76. The Morgan fingerprint density at radius 3 is 2.59 bits per heavy atom.